The number of nitrogens with one attached hydrogen (secondary N) is 1. The van der Waals surface area contributed by atoms with Crippen LogP contribution in [0.2, 0.25) is 0 Å². The highest BCUT2D eigenvalue weighted by Gasteiger charge is 2.28. The zero-order valence-electron chi connectivity index (χ0n) is 14.2. The summed E-state index contributed by atoms with van der Waals surface area (Å²) >= 11 is 0. The molecular formula is C20H21FN2O2. The van der Waals surface area contributed by atoms with E-state index in [9.17, 15) is 14.0 Å². The van der Waals surface area contributed by atoms with Crippen molar-refractivity contribution in [1.29, 1.82) is 0 Å². The normalized spacial score (nSPS) is 15.0. The van der Waals surface area contributed by atoms with Crippen molar-refractivity contribution in [3.05, 3.63) is 65.5 Å². The van der Waals surface area contributed by atoms with Crippen LogP contribution in [-0.2, 0) is 4.79 Å². The maximum Gasteiger partial charge on any atom is 0.253 e. The molecule has 0 bridgehead atoms. The lowest BCUT2D eigenvalue weighted by atomic mass is 9.95. The Labute approximate surface area is 146 Å². The first-order chi connectivity index (χ1) is 12.0. The third-order valence-corrected chi connectivity index (χ3v) is 4.54. The molecule has 0 atom stereocenters. The van der Waals surface area contributed by atoms with Crippen LogP contribution < -0.4 is 5.32 Å². The molecule has 5 heteroatoms. The van der Waals surface area contributed by atoms with Gasteiger partial charge in [-0.1, -0.05) is 23.8 Å². The first-order valence-corrected chi connectivity index (χ1v) is 8.45. The second-order valence-electron chi connectivity index (χ2n) is 6.43. The summed E-state index contributed by atoms with van der Waals surface area (Å²) in [7, 11) is 0. The van der Waals surface area contributed by atoms with Gasteiger partial charge in [-0.05, 0) is 50.1 Å². The number of hydrogen-bond acceptors (Lipinski definition) is 2. The van der Waals surface area contributed by atoms with E-state index in [-0.39, 0.29) is 17.7 Å². The van der Waals surface area contributed by atoms with Gasteiger partial charge in [0.1, 0.15) is 5.82 Å². The van der Waals surface area contributed by atoms with Crippen molar-refractivity contribution in [2.24, 2.45) is 5.92 Å². The molecule has 1 aliphatic heterocycles. The maximum atomic E-state index is 13.3. The van der Waals surface area contributed by atoms with Crippen molar-refractivity contribution in [3.8, 4) is 0 Å². The van der Waals surface area contributed by atoms with Gasteiger partial charge in [-0.3, -0.25) is 9.59 Å². The van der Waals surface area contributed by atoms with Crippen molar-refractivity contribution in [2.75, 3.05) is 18.4 Å². The molecule has 1 N–H and O–H groups in total. The van der Waals surface area contributed by atoms with E-state index in [0.29, 0.717) is 31.5 Å². The van der Waals surface area contributed by atoms with E-state index >= 15 is 0 Å². The van der Waals surface area contributed by atoms with E-state index in [1.807, 2.05) is 31.2 Å². The molecule has 0 aliphatic carbocycles. The van der Waals surface area contributed by atoms with Gasteiger partial charge in [0.05, 0.1) is 0 Å². The van der Waals surface area contributed by atoms with E-state index in [1.165, 1.54) is 18.2 Å². The van der Waals surface area contributed by atoms with Crippen LogP contribution in [0.3, 0.4) is 0 Å². The average molecular weight is 340 g/mol. The predicted molar refractivity (Wildman–Crippen MR) is 94.8 cm³/mol. The number of hydrogen-bond donors (Lipinski definition) is 1. The lowest BCUT2D eigenvalue weighted by Gasteiger charge is -2.31. The summed E-state index contributed by atoms with van der Waals surface area (Å²) in [6, 6.07) is 13.4. The van der Waals surface area contributed by atoms with Gasteiger partial charge >= 0.3 is 0 Å². The van der Waals surface area contributed by atoms with Crippen molar-refractivity contribution in [2.45, 2.75) is 19.8 Å². The Hall–Kier alpha value is -2.69. The van der Waals surface area contributed by atoms with Gasteiger partial charge in [0.15, 0.2) is 0 Å². The number of benzene rings is 2. The van der Waals surface area contributed by atoms with Gasteiger partial charge in [0, 0.05) is 30.3 Å². The number of likely N-dealkylation sites (tertiary alicyclic amines) is 1. The van der Waals surface area contributed by atoms with Crippen LogP contribution in [0.5, 0.6) is 0 Å². The first kappa shape index (κ1) is 17.1. The Morgan fingerprint density at radius 1 is 1.08 bits per heavy atom. The van der Waals surface area contributed by atoms with Crippen molar-refractivity contribution in [1.82, 2.24) is 4.90 Å². The standard InChI is InChI=1S/C20H21FN2O2/c1-14-5-7-18(8-6-14)22-19(24)15-9-11-23(12-10-15)20(25)16-3-2-4-17(21)13-16/h2-8,13,15H,9-12H2,1H3,(H,22,24). The SMILES string of the molecule is Cc1ccc(NC(=O)C2CCN(C(=O)c3cccc(F)c3)CC2)cc1. The minimum Gasteiger partial charge on any atom is -0.339 e. The van der Waals surface area contributed by atoms with Gasteiger partial charge < -0.3 is 10.2 Å². The van der Waals surface area contributed by atoms with E-state index in [1.54, 1.807) is 11.0 Å². The van der Waals surface area contributed by atoms with Crippen LogP contribution in [0, 0.1) is 18.7 Å². The highest BCUT2D eigenvalue weighted by Crippen LogP contribution is 2.21. The molecule has 2 amide bonds. The molecule has 130 valence electrons. The number of amides is 2. The summed E-state index contributed by atoms with van der Waals surface area (Å²) in [5, 5.41) is 2.93. The van der Waals surface area contributed by atoms with E-state index in [0.717, 1.165) is 11.3 Å². The lowest BCUT2D eigenvalue weighted by Crippen LogP contribution is -2.41. The average Bonchev–Trinajstić information content (AvgIpc) is 2.63. The quantitative estimate of drug-likeness (QED) is 0.928. The Morgan fingerprint density at radius 3 is 2.40 bits per heavy atom. The molecule has 1 saturated heterocycles. The fourth-order valence-corrected chi connectivity index (χ4v) is 3.03. The van der Waals surface area contributed by atoms with Gasteiger partial charge in [-0.15, -0.1) is 0 Å². The zero-order valence-corrected chi connectivity index (χ0v) is 14.2. The highest BCUT2D eigenvalue weighted by molar-refractivity contribution is 5.95. The van der Waals surface area contributed by atoms with Gasteiger partial charge in [-0.25, -0.2) is 4.39 Å². The molecule has 0 spiro atoms. The Morgan fingerprint density at radius 2 is 1.76 bits per heavy atom. The molecule has 0 radical (unpaired) electrons. The summed E-state index contributed by atoms with van der Waals surface area (Å²) < 4.78 is 13.3. The molecule has 4 nitrogen and oxygen atoms in total. The van der Waals surface area contributed by atoms with Gasteiger partial charge in [0.25, 0.3) is 5.91 Å². The number of aryl methyl sites for hydroxylation is 1. The molecule has 2 aromatic rings. The highest BCUT2D eigenvalue weighted by atomic mass is 19.1. The van der Waals surface area contributed by atoms with Crippen LogP contribution in [0.4, 0.5) is 10.1 Å². The van der Waals surface area contributed by atoms with Crippen LogP contribution >= 0.6 is 0 Å². The van der Waals surface area contributed by atoms with Crippen LogP contribution in [0.15, 0.2) is 48.5 Å². The minimum absolute atomic E-state index is 0.0123. The molecule has 3 rings (SSSR count). The van der Waals surface area contributed by atoms with Crippen LogP contribution in [0.1, 0.15) is 28.8 Å². The van der Waals surface area contributed by atoms with Crippen molar-refractivity contribution in [3.63, 3.8) is 0 Å². The summed E-state index contributed by atoms with van der Waals surface area (Å²) in [6.45, 7) is 3.00. The van der Waals surface area contributed by atoms with Gasteiger partial charge in [0.2, 0.25) is 5.91 Å². The number of carbonyl (C=O) groups excluding carboxylic acids is 2. The maximum absolute atomic E-state index is 13.3. The van der Waals surface area contributed by atoms with Gasteiger partial charge in [-0.2, -0.15) is 0 Å². The summed E-state index contributed by atoms with van der Waals surface area (Å²) in [5.41, 5.74) is 2.28. The summed E-state index contributed by atoms with van der Waals surface area (Å²) in [5.74, 6) is -0.727. The fourth-order valence-electron chi connectivity index (χ4n) is 3.03. The fraction of sp³-hybridized carbons (Fsp3) is 0.300. The predicted octanol–water partition coefficient (Wildman–Crippen LogP) is 3.63. The summed E-state index contributed by atoms with van der Waals surface area (Å²) in [4.78, 5) is 26.5. The summed E-state index contributed by atoms with van der Waals surface area (Å²) in [6.07, 6.45) is 1.22. The molecule has 1 aliphatic rings. The topological polar surface area (TPSA) is 49.4 Å². The number of rotatable bonds is 3. The third kappa shape index (κ3) is 4.24. The number of piperidine rings is 1. The van der Waals surface area contributed by atoms with Crippen molar-refractivity contribution >= 4 is 17.5 Å². The smallest absolute Gasteiger partial charge is 0.253 e. The van der Waals surface area contributed by atoms with Crippen LogP contribution in [0.25, 0.3) is 0 Å². The van der Waals surface area contributed by atoms with E-state index in [4.69, 9.17) is 0 Å². The molecule has 25 heavy (non-hydrogen) atoms. The third-order valence-electron chi connectivity index (χ3n) is 4.54. The number of nitrogens with zero attached hydrogens (tertiary/aromatic N) is 1. The number of anilines is 1. The molecule has 1 fully saturated rings. The zero-order chi connectivity index (χ0) is 17.8. The Bertz CT molecular complexity index is 766. The molecule has 0 unspecified atom stereocenters. The lowest BCUT2D eigenvalue weighted by molar-refractivity contribution is -0.121. The van der Waals surface area contributed by atoms with E-state index in [2.05, 4.69) is 5.32 Å². The second kappa shape index (κ2) is 7.47. The molecule has 0 saturated carbocycles. The van der Waals surface area contributed by atoms with Crippen molar-refractivity contribution < 1.29 is 14.0 Å². The largest absolute Gasteiger partial charge is 0.339 e. The minimum atomic E-state index is -0.418. The molecular weight excluding hydrogens is 319 g/mol. The molecule has 2 aromatic carbocycles. The molecule has 1 heterocycles. The van der Waals surface area contributed by atoms with E-state index < -0.39 is 5.82 Å². The van der Waals surface area contributed by atoms with Crippen LogP contribution in [-0.4, -0.2) is 29.8 Å². The number of carbonyl (C=O) groups is 2. The first-order valence-electron chi connectivity index (χ1n) is 8.45. The second-order valence-corrected chi connectivity index (χ2v) is 6.43. The monoisotopic (exact) mass is 340 g/mol. The Kier molecular flexibility index (Phi) is 5.12. The Balaban J connectivity index is 1.55. The molecule has 0 aromatic heterocycles. The number of halogens is 1.